The van der Waals surface area contributed by atoms with Crippen molar-refractivity contribution in [2.45, 2.75) is 0 Å². The summed E-state index contributed by atoms with van der Waals surface area (Å²) in [5.41, 5.74) is 0. The Morgan fingerprint density at radius 2 is 1.91 bits per heavy atom. The van der Waals surface area contributed by atoms with Crippen molar-refractivity contribution in [3.8, 4) is 6.19 Å². The molecule has 0 amide bonds. The SMILES string of the molecule is N#CN1CCN(CCO)CC1. The van der Waals surface area contributed by atoms with Crippen molar-refractivity contribution in [3.05, 3.63) is 0 Å². The van der Waals surface area contributed by atoms with Crippen molar-refractivity contribution in [1.29, 1.82) is 5.26 Å². The van der Waals surface area contributed by atoms with Crippen LogP contribution >= 0.6 is 0 Å². The number of rotatable bonds is 2. The van der Waals surface area contributed by atoms with Crippen LogP contribution in [0.15, 0.2) is 0 Å². The van der Waals surface area contributed by atoms with Crippen LogP contribution in [0.4, 0.5) is 0 Å². The summed E-state index contributed by atoms with van der Waals surface area (Å²) in [6.07, 6.45) is 2.11. The predicted octanol–water partition coefficient (Wildman–Crippen LogP) is -0.923. The lowest BCUT2D eigenvalue weighted by Crippen LogP contribution is -2.45. The zero-order valence-electron chi connectivity index (χ0n) is 6.53. The molecule has 0 aromatic heterocycles. The van der Waals surface area contributed by atoms with Gasteiger partial charge in [0.2, 0.25) is 0 Å². The van der Waals surface area contributed by atoms with Gasteiger partial charge in [0.05, 0.1) is 6.61 Å². The van der Waals surface area contributed by atoms with E-state index in [1.165, 1.54) is 0 Å². The van der Waals surface area contributed by atoms with Crippen LogP contribution in [0.1, 0.15) is 0 Å². The van der Waals surface area contributed by atoms with Gasteiger partial charge >= 0.3 is 0 Å². The van der Waals surface area contributed by atoms with Gasteiger partial charge in [0, 0.05) is 32.7 Å². The lowest BCUT2D eigenvalue weighted by Gasteiger charge is -2.30. The van der Waals surface area contributed by atoms with Crippen molar-refractivity contribution in [2.24, 2.45) is 0 Å². The third-order valence-corrected chi connectivity index (χ3v) is 1.93. The zero-order valence-corrected chi connectivity index (χ0v) is 6.53. The third kappa shape index (κ3) is 2.37. The van der Waals surface area contributed by atoms with Crippen LogP contribution in [0.2, 0.25) is 0 Å². The van der Waals surface area contributed by atoms with Gasteiger partial charge in [-0.2, -0.15) is 5.26 Å². The smallest absolute Gasteiger partial charge is 0.179 e. The van der Waals surface area contributed by atoms with Gasteiger partial charge < -0.3 is 10.0 Å². The number of nitriles is 1. The Hall–Kier alpha value is -0.790. The molecule has 1 heterocycles. The van der Waals surface area contributed by atoms with E-state index >= 15 is 0 Å². The number of piperazine rings is 1. The van der Waals surface area contributed by atoms with Crippen LogP contribution in [-0.2, 0) is 0 Å². The summed E-state index contributed by atoms with van der Waals surface area (Å²) in [6.45, 7) is 4.35. The van der Waals surface area contributed by atoms with Crippen LogP contribution < -0.4 is 0 Å². The Balaban J connectivity index is 2.20. The van der Waals surface area contributed by atoms with Crippen LogP contribution in [0.25, 0.3) is 0 Å². The molecule has 1 saturated heterocycles. The quantitative estimate of drug-likeness (QED) is 0.524. The Kier molecular flexibility index (Phi) is 3.14. The number of aliphatic hydroxyl groups excluding tert-OH is 1. The van der Waals surface area contributed by atoms with Crippen molar-refractivity contribution < 1.29 is 5.11 Å². The average molecular weight is 155 g/mol. The Morgan fingerprint density at radius 3 is 2.36 bits per heavy atom. The summed E-state index contributed by atoms with van der Waals surface area (Å²) in [6, 6.07) is 0. The molecule has 0 saturated carbocycles. The van der Waals surface area contributed by atoms with E-state index in [1.54, 1.807) is 4.90 Å². The van der Waals surface area contributed by atoms with Crippen LogP contribution in [0.3, 0.4) is 0 Å². The molecule has 4 heteroatoms. The summed E-state index contributed by atoms with van der Waals surface area (Å²) in [5.74, 6) is 0. The maximum atomic E-state index is 8.62. The Labute approximate surface area is 66.6 Å². The van der Waals surface area contributed by atoms with Crippen LogP contribution in [0.5, 0.6) is 0 Å². The number of hydrogen-bond acceptors (Lipinski definition) is 4. The predicted molar refractivity (Wildman–Crippen MR) is 40.7 cm³/mol. The summed E-state index contributed by atoms with van der Waals surface area (Å²) >= 11 is 0. The second-order valence-electron chi connectivity index (χ2n) is 2.65. The lowest BCUT2D eigenvalue weighted by molar-refractivity contribution is 0.142. The van der Waals surface area contributed by atoms with E-state index in [0.717, 1.165) is 32.7 Å². The summed E-state index contributed by atoms with van der Waals surface area (Å²) in [4.78, 5) is 3.90. The molecule has 0 aromatic carbocycles. The molecule has 1 N–H and O–H groups in total. The van der Waals surface area contributed by atoms with Gasteiger partial charge in [0.15, 0.2) is 6.19 Å². The number of nitrogens with zero attached hydrogens (tertiary/aromatic N) is 3. The molecule has 11 heavy (non-hydrogen) atoms. The van der Waals surface area contributed by atoms with Crippen molar-refractivity contribution in [3.63, 3.8) is 0 Å². The minimum atomic E-state index is 0.215. The average Bonchev–Trinajstić information content (AvgIpc) is 2.07. The molecule has 0 aliphatic carbocycles. The maximum absolute atomic E-state index is 8.62. The van der Waals surface area contributed by atoms with Gasteiger partial charge in [0.25, 0.3) is 0 Å². The fraction of sp³-hybridized carbons (Fsp3) is 0.857. The monoisotopic (exact) mass is 155 g/mol. The van der Waals surface area contributed by atoms with E-state index in [0.29, 0.717) is 0 Å². The van der Waals surface area contributed by atoms with Gasteiger partial charge in [-0.1, -0.05) is 0 Å². The van der Waals surface area contributed by atoms with Crippen LogP contribution in [0, 0.1) is 11.5 Å². The molecular weight excluding hydrogens is 142 g/mol. The fourth-order valence-electron chi connectivity index (χ4n) is 1.21. The lowest BCUT2D eigenvalue weighted by atomic mass is 10.3. The minimum Gasteiger partial charge on any atom is -0.395 e. The molecule has 1 aliphatic heterocycles. The first-order valence-corrected chi connectivity index (χ1v) is 3.84. The number of hydrogen-bond donors (Lipinski definition) is 1. The fourth-order valence-corrected chi connectivity index (χ4v) is 1.21. The second kappa shape index (κ2) is 4.16. The summed E-state index contributed by atoms with van der Waals surface area (Å²) in [5, 5.41) is 17.1. The van der Waals surface area contributed by atoms with Crippen LogP contribution in [-0.4, -0.2) is 54.2 Å². The zero-order chi connectivity index (χ0) is 8.10. The Bertz CT molecular complexity index is 146. The molecule has 1 rings (SSSR count). The molecule has 1 fully saturated rings. The molecule has 0 aromatic rings. The third-order valence-electron chi connectivity index (χ3n) is 1.93. The van der Waals surface area contributed by atoms with E-state index in [1.807, 2.05) is 0 Å². The summed E-state index contributed by atoms with van der Waals surface area (Å²) in [7, 11) is 0. The highest BCUT2D eigenvalue weighted by atomic mass is 16.3. The van der Waals surface area contributed by atoms with Gasteiger partial charge in [0.1, 0.15) is 0 Å². The first-order chi connectivity index (χ1) is 5.36. The highest BCUT2D eigenvalue weighted by Gasteiger charge is 2.13. The maximum Gasteiger partial charge on any atom is 0.179 e. The largest absolute Gasteiger partial charge is 0.395 e. The topological polar surface area (TPSA) is 50.5 Å². The van der Waals surface area contributed by atoms with E-state index in [9.17, 15) is 0 Å². The van der Waals surface area contributed by atoms with E-state index in [4.69, 9.17) is 10.4 Å². The molecule has 0 atom stereocenters. The molecule has 0 spiro atoms. The first kappa shape index (κ1) is 8.31. The van der Waals surface area contributed by atoms with Crippen molar-refractivity contribution >= 4 is 0 Å². The van der Waals surface area contributed by atoms with Crippen molar-refractivity contribution in [2.75, 3.05) is 39.3 Å². The van der Waals surface area contributed by atoms with Gasteiger partial charge in [-0.25, -0.2) is 0 Å². The molecular formula is C7H13N3O. The normalized spacial score (nSPS) is 19.8. The summed E-state index contributed by atoms with van der Waals surface area (Å²) < 4.78 is 0. The number of aliphatic hydroxyl groups is 1. The Morgan fingerprint density at radius 1 is 1.27 bits per heavy atom. The first-order valence-electron chi connectivity index (χ1n) is 3.84. The molecule has 1 aliphatic rings. The molecule has 0 bridgehead atoms. The van der Waals surface area contributed by atoms with E-state index < -0.39 is 0 Å². The van der Waals surface area contributed by atoms with Gasteiger partial charge in [-0.15, -0.1) is 0 Å². The number of β-amino-alcohol motifs (C(OH)–C–C–N with tert-alkyl or cyclic N) is 1. The van der Waals surface area contributed by atoms with Crippen molar-refractivity contribution in [1.82, 2.24) is 9.80 Å². The second-order valence-corrected chi connectivity index (χ2v) is 2.65. The van der Waals surface area contributed by atoms with E-state index in [-0.39, 0.29) is 6.61 Å². The van der Waals surface area contributed by atoms with Gasteiger partial charge in [-0.3, -0.25) is 4.90 Å². The molecule has 0 radical (unpaired) electrons. The highest BCUT2D eigenvalue weighted by Crippen LogP contribution is 1.98. The van der Waals surface area contributed by atoms with E-state index in [2.05, 4.69) is 11.1 Å². The highest BCUT2D eigenvalue weighted by molar-refractivity contribution is 4.80. The molecule has 4 nitrogen and oxygen atoms in total. The standard InChI is InChI=1S/C7H13N3O/c8-7-10-3-1-9(2-4-10)5-6-11/h11H,1-6H2. The molecule has 62 valence electrons. The molecule has 0 unspecified atom stereocenters. The van der Waals surface area contributed by atoms with Gasteiger partial charge in [-0.05, 0) is 0 Å². The minimum absolute atomic E-state index is 0.215.